The lowest BCUT2D eigenvalue weighted by Crippen LogP contribution is -2.48. The van der Waals surface area contributed by atoms with E-state index >= 15 is 0 Å². The number of hydrogen-bond donors (Lipinski definition) is 1. The van der Waals surface area contributed by atoms with Crippen molar-refractivity contribution in [1.82, 2.24) is 0 Å². The third kappa shape index (κ3) is 5.89. The molecule has 2 aliphatic heterocycles. The van der Waals surface area contributed by atoms with Crippen molar-refractivity contribution in [3.8, 4) is 0 Å². The molecule has 9 unspecified atom stereocenters. The normalized spacial score (nSPS) is 41.7. The zero-order valence-electron chi connectivity index (χ0n) is 28.0. The average Bonchev–Trinajstić information content (AvgIpc) is 3.74. The zero-order valence-corrected chi connectivity index (χ0v) is 28.0. The first kappa shape index (κ1) is 32.7. The van der Waals surface area contributed by atoms with E-state index in [-0.39, 0.29) is 45.9 Å². The van der Waals surface area contributed by atoms with Crippen LogP contribution in [0, 0.1) is 38.9 Å². The molecule has 0 aromatic heterocycles. The van der Waals surface area contributed by atoms with Crippen LogP contribution in [0.15, 0.2) is 0 Å². The molecule has 0 spiro atoms. The number of ether oxygens (including phenoxy) is 6. The van der Waals surface area contributed by atoms with E-state index in [4.69, 9.17) is 28.4 Å². The first-order chi connectivity index (χ1) is 20.7. The summed E-state index contributed by atoms with van der Waals surface area (Å²) in [5.74, 6) is 1.14. The van der Waals surface area contributed by atoms with Crippen LogP contribution in [-0.4, -0.2) is 89.0 Å². The average molecular weight is 607 g/mol. The molecule has 248 valence electrons. The summed E-state index contributed by atoms with van der Waals surface area (Å²) in [6.45, 7) is 17.7. The van der Waals surface area contributed by atoms with Gasteiger partial charge in [0.25, 0.3) is 0 Å². The fraction of sp³-hybridized carbons (Fsp3) is 1.00. The highest BCUT2D eigenvalue weighted by atomic mass is 16.5. The van der Waals surface area contributed by atoms with Crippen LogP contribution in [-0.2, 0) is 28.4 Å². The minimum absolute atomic E-state index is 0.106. The van der Waals surface area contributed by atoms with Gasteiger partial charge in [-0.2, -0.15) is 0 Å². The Labute approximate surface area is 261 Å². The molecule has 9 atom stereocenters. The monoisotopic (exact) mass is 606 g/mol. The molecule has 6 fully saturated rings. The van der Waals surface area contributed by atoms with Gasteiger partial charge in [-0.15, -0.1) is 0 Å². The summed E-state index contributed by atoms with van der Waals surface area (Å²) >= 11 is 0. The predicted molar refractivity (Wildman–Crippen MR) is 166 cm³/mol. The van der Waals surface area contributed by atoms with Gasteiger partial charge in [0, 0.05) is 16.2 Å². The molecule has 2 heterocycles. The lowest BCUT2D eigenvalue weighted by atomic mass is 9.77. The Morgan fingerprint density at radius 2 is 1.12 bits per heavy atom. The van der Waals surface area contributed by atoms with Crippen LogP contribution < -0.4 is 0 Å². The maximum atomic E-state index is 10.7. The second-order valence-corrected chi connectivity index (χ2v) is 16.2. The Kier molecular flexibility index (Phi) is 9.67. The zero-order chi connectivity index (χ0) is 30.3. The van der Waals surface area contributed by atoms with Gasteiger partial charge in [0.1, 0.15) is 0 Å². The molecule has 0 aromatic rings. The Hall–Kier alpha value is -0.280. The van der Waals surface area contributed by atoms with Gasteiger partial charge in [0.15, 0.2) is 0 Å². The van der Waals surface area contributed by atoms with Crippen molar-refractivity contribution in [3.05, 3.63) is 0 Å². The summed E-state index contributed by atoms with van der Waals surface area (Å²) in [6.07, 6.45) is 13.4. The fourth-order valence-corrected chi connectivity index (χ4v) is 9.70. The number of aliphatic hydroxyl groups is 1. The molecule has 6 aliphatic rings. The summed E-state index contributed by atoms with van der Waals surface area (Å²) in [5.41, 5.74) is 0.568. The van der Waals surface area contributed by atoms with Crippen molar-refractivity contribution in [2.75, 3.05) is 59.5 Å². The highest BCUT2D eigenvalue weighted by Crippen LogP contribution is 2.60. The number of rotatable bonds is 18. The van der Waals surface area contributed by atoms with E-state index < -0.39 is 0 Å². The predicted octanol–water partition coefficient (Wildman–Crippen LogP) is 6.19. The number of fused-ring (bicyclic) bond motifs is 4. The van der Waals surface area contributed by atoms with Gasteiger partial charge >= 0.3 is 0 Å². The van der Waals surface area contributed by atoms with Crippen LogP contribution in [0.5, 0.6) is 0 Å². The van der Waals surface area contributed by atoms with Crippen LogP contribution in [0.1, 0.15) is 105 Å². The largest absolute Gasteiger partial charge is 0.396 e. The highest BCUT2D eigenvalue weighted by molar-refractivity contribution is 5.08. The molecule has 7 nitrogen and oxygen atoms in total. The van der Waals surface area contributed by atoms with Crippen LogP contribution in [0.4, 0.5) is 0 Å². The van der Waals surface area contributed by atoms with E-state index in [1.807, 2.05) is 0 Å². The Balaban J connectivity index is 0.995. The van der Waals surface area contributed by atoms with Crippen LogP contribution in [0.2, 0.25) is 0 Å². The van der Waals surface area contributed by atoms with Gasteiger partial charge in [0.05, 0.1) is 83.9 Å². The molecule has 2 saturated heterocycles. The lowest BCUT2D eigenvalue weighted by molar-refractivity contribution is -0.179. The first-order valence-corrected chi connectivity index (χ1v) is 18.0. The molecule has 1 N–H and O–H groups in total. The van der Waals surface area contributed by atoms with Crippen LogP contribution in [0.3, 0.4) is 0 Å². The van der Waals surface area contributed by atoms with Gasteiger partial charge in [-0.05, 0) is 93.3 Å². The topological polar surface area (TPSA) is 75.6 Å². The van der Waals surface area contributed by atoms with E-state index in [1.165, 1.54) is 12.8 Å². The molecule has 4 bridgehead atoms. The van der Waals surface area contributed by atoms with Gasteiger partial charge in [-0.25, -0.2) is 0 Å². The van der Waals surface area contributed by atoms with E-state index in [0.717, 1.165) is 97.4 Å². The maximum absolute atomic E-state index is 10.7. The summed E-state index contributed by atoms with van der Waals surface area (Å²) in [7, 11) is 0. The van der Waals surface area contributed by atoms with Crippen molar-refractivity contribution in [2.24, 2.45) is 38.9 Å². The van der Waals surface area contributed by atoms with E-state index in [0.29, 0.717) is 37.3 Å². The highest BCUT2D eigenvalue weighted by Gasteiger charge is 2.59. The molecule has 43 heavy (non-hydrogen) atoms. The molecule has 0 radical (unpaired) electrons. The molecule has 4 aliphatic carbocycles. The van der Waals surface area contributed by atoms with Crippen molar-refractivity contribution in [2.45, 2.75) is 130 Å². The van der Waals surface area contributed by atoms with Gasteiger partial charge < -0.3 is 33.5 Å². The van der Waals surface area contributed by atoms with E-state index in [1.54, 1.807) is 0 Å². The van der Waals surface area contributed by atoms with Crippen molar-refractivity contribution in [1.29, 1.82) is 0 Å². The molecule has 0 amide bonds. The summed E-state index contributed by atoms with van der Waals surface area (Å²) in [4.78, 5) is 0. The Bertz CT molecular complexity index is 918. The fourth-order valence-electron chi connectivity index (χ4n) is 9.70. The van der Waals surface area contributed by atoms with Crippen molar-refractivity contribution < 1.29 is 33.5 Å². The van der Waals surface area contributed by atoms with Crippen molar-refractivity contribution >= 4 is 0 Å². The van der Waals surface area contributed by atoms with E-state index in [9.17, 15) is 5.11 Å². The SMILES string of the molecule is CCC1(COC2CC3(CC)CC2CC3OCC(CC)(CO)COC2CC3(CC)CC2CC3OCC2(CC)COC2)COC1. The molecule has 4 saturated carbocycles. The van der Waals surface area contributed by atoms with Crippen LogP contribution >= 0.6 is 0 Å². The molecule has 7 heteroatoms. The Morgan fingerprint density at radius 1 is 0.628 bits per heavy atom. The van der Waals surface area contributed by atoms with E-state index in [2.05, 4.69) is 34.6 Å². The van der Waals surface area contributed by atoms with Crippen molar-refractivity contribution in [3.63, 3.8) is 0 Å². The summed E-state index contributed by atoms with van der Waals surface area (Å²) in [6, 6.07) is 0. The molecular formula is C36H62O7. The molecular weight excluding hydrogens is 544 g/mol. The number of hydrogen-bond acceptors (Lipinski definition) is 7. The molecule has 0 aromatic carbocycles. The second kappa shape index (κ2) is 12.7. The maximum Gasteiger partial charge on any atom is 0.0636 e. The Morgan fingerprint density at radius 3 is 1.56 bits per heavy atom. The quantitative estimate of drug-likeness (QED) is 0.199. The third-order valence-corrected chi connectivity index (χ3v) is 14.0. The lowest BCUT2D eigenvalue weighted by Gasteiger charge is -2.44. The minimum Gasteiger partial charge on any atom is -0.396 e. The number of aliphatic hydroxyl groups excluding tert-OH is 1. The third-order valence-electron chi connectivity index (χ3n) is 14.0. The van der Waals surface area contributed by atoms with Gasteiger partial charge in [-0.1, -0.05) is 34.6 Å². The summed E-state index contributed by atoms with van der Waals surface area (Å²) < 4.78 is 37.8. The smallest absolute Gasteiger partial charge is 0.0636 e. The minimum atomic E-state index is -0.348. The second-order valence-electron chi connectivity index (χ2n) is 16.2. The van der Waals surface area contributed by atoms with Gasteiger partial charge in [0.2, 0.25) is 0 Å². The summed E-state index contributed by atoms with van der Waals surface area (Å²) in [5, 5.41) is 10.7. The standard InChI is InChI=1S/C36H62O7/c1-6-32(17-37,22-40-28-15-36(10-5)13-26(28)12-31(36)43-25-34(8-3)20-39-21-34)23-42-30-11-27-14-35(30,9-4)16-29(27)41-24-33(7-2)18-38-19-33/h26-31,37H,6-25H2,1-5H3. The first-order valence-electron chi connectivity index (χ1n) is 18.0. The molecule has 6 rings (SSSR count). The van der Waals surface area contributed by atoms with Gasteiger partial charge in [-0.3, -0.25) is 0 Å². The van der Waals surface area contributed by atoms with Crippen LogP contribution in [0.25, 0.3) is 0 Å².